The van der Waals surface area contributed by atoms with Crippen molar-refractivity contribution in [2.24, 2.45) is 0 Å². The van der Waals surface area contributed by atoms with Gasteiger partial charge in [0.25, 0.3) is 0 Å². The lowest BCUT2D eigenvalue weighted by atomic mass is 9.93. The van der Waals surface area contributed by atoms with Gasteiger partial charge < -0.3 is 20.1 Å². The van der Waals surface area contributed by atoms with Crippen molar-refractivity contribution >= 4 is 11.7 Å². The maximum absolute atomic E-state index is 13.9. The molecule has 2 amide bonds. The number of nitrogens with zero attached hydrogens (tertiary/aromatic N) is 1. The van der Waals surface area contributed by atoms with Crippen molar-refractivity contribution in [2.75, 3.05) is 25.1 Å². The fraction of sp³-hybridized carbons (Fsp3) is 0.316. The first-order valence-corrected chi connectivity index (χ1v) is 8.32. The Labute approximate surface area is 146 Å². The zero-order valence-corrected chi connectivity index (χ0v) is 14.0. The zero-order valence-electron chi connectivity index (χ0n) is 14.0. The number of nitrogens with one attached hydrogen (secondary N) is 1. The van der Waals surface area contributed by atoms with Crippen LogP contribution in [0.3, 0.4) is 0 Å². The van der Waals surface area contributed by atoms with E-state index in [1.165, 1.54) is 12.1 Å². The van der Waals surface area contributed by atoms with Gasteiger partial charge in [0.1, 0.15) is 0 Å². The first-order valence-electron chi connectivity index (χ1n) is 8.32. The molecule has 0 bridgehead atoms. The smallest absolute Gasteiger partial charge is 0.322 e. The second kappa shape index (κ2) is 7.53. The van der Waals surface area contributed by atoms with Crippen LogP contribution in [0, 0.1) is 5.82 Å². The molecule has 1 atom stereocenters. The highest BCUT2D eigenvalue weighted by molar-refractivity contribution is 5.90. The molecular weight excluding hydrogens is 323 g/mol. The molecule has 1 unspecified atom stereocenters. The third-order valence-electron chi connectivity index (χ3n) is 4.33. The number of hydrogen-bond acceptors (Lipinski definition) is 3. The number of carbonyl (C=O) groups excluding carboxylic acids is 1. The summed E-state index contributed by atoms with van der Waals surface area (Å²) in [5.74, 6) is -0.372. The molecule has 1 aliphatic heterocycles. The lowest BCUT2D eigenvalue weighted by Gasteiger charge is -2.36. The van der Waals surface area contributed by atoms with E-state index in [2.05, 4.69) is 5.32 Å². The van der Waals surface area contributed by atoms with Gasteiger partial charge in [-0.05, 0) is 36.6 Å². The fourth-order valence-corrected chi connectivity index (χ4v) is 3.14. The quantitative estimate of drug-likeness (QED) is 0.894. The molecule has 0 radical (unpaired) electrons. The van der Waals surface area contributed by atoms with E-state index in [1.807, 2.05) is 24.3 Å². The number of aliphatic hydroxyl groups is 1. The van der Waals surface area contributed by atoms with Crippen LogP contribution in [0.1, 0.15) is 24.1 Å². The fourth-order valence-electron chi connectivity index (χ4n) is 3.14. The van der Waals surface area contributed by atoms with E-state index in [0.29, 0.717) is 18.8 Å². The Morgan fingerprint density at radius 2 is 2.16 bits per heavy atom. The number of carbonyl (C=O) groups is 1. The van der Waals surface area contributed by atoms with Crippen LogP contribution in [-0.2, 0) is 6.42 Å². The zero-order chi connectivity index (χ0) is 17.8. The molecule has 0 saturated heterocycles. The number of urea groups is 1. The van der Waals surface area contributed by atoms with Gasteiger partial charge in [0.15, 0.2) is 11.6 Å². The van der Waals surface area contributed by atoms with Gasteiger partial charge in [-0.3, -0.25) is 0 Å². The molecule has 0 fully saturated rings. The summed E-state index contributed by atoms with van der Waals surface area (Å²) in [7, 11) is 0. The molecule has 3 rings (SSSR count). The first kappa shape index (κ1) is 17.2. The summed E-state index contributed by atoms with van der Waals surface area (Å²) in [4.78, 5) is 14.2. The van der Waals surface area contributed by atoms with E-state index < -0.39 is 11.9 Å². The summed E-state index contributed by atoms with van der Waals surface area (Å²) < 4.78 is 19.1. The first-order chi connectivity index (χ1) is 12.1. The standard InChI is InChI=1S/C19H21FN2O3/c1-2-25-18-8-7-14(11-16(18)20)21-19(24)22-10-9-13-5-3-4-6-15(13)17(22)12-23/h3-8,11,17,23H,2,9-10,12H2,1H3,(H,21,24). The summed E-state index contributed by atoms with van der Waals surface area (Å²) in [6, 6.07) is 11.3. The van der Waals surface area contributed by atoms with Crippen LogP contribution >= 0.6 is 0 Å². The van der Waals surface area contributed by atoms with Gasteiger partial charge in [0.05, 0.1) is 19.3 Å². The number of benzene rings is 2. The summed E-state index contributed by atoms with van der Waals surface area (Å²) in [5, 5.41) is 12.5. The van der Waals surface area contributed by atoms with Gasteiger partial charge in [-0.15, -0.1) is 0 Å². The minimum atomic E-state index is -0.526. The number of anilines is 1. The van der Waals surface area contributed by atoms with E-state index in [9.17, 15) is 14.3 Å². The van der Waals surface area contributed by atoms with Gasteiger partial charge in [0.2, 0.25) is 0 Å². The highest BCUT2D eigenvalue weighted by Crippen LogP contribution is 2.30. The summed E-state index contributed by atoms with van der Waals surface area (Å²) in [6.07, 6.45) is 0.720. The monoisotopic (exact) mass is 344 g/mol. The molecule has 132 valence electrons. The number of amides is 2. The van der Waals surface area contributed by atoms with Crippen LogP contribution in [0.5, 0.6) is 5.75 Å². The van der Waals surface area contributed by atoms with Crippen LogP contribution < -0.4 is 10.1 Å². The molecule has 1 heterocycles. The molecule has 1 aliphatic rings. The second-order valence-electron chi connectivity index (χ2n) is 5.85. The van der Waals surface area contributed by atoms with Gasteiger partial charge >= 0.3 is 6.03 Å². The van der Waals surface area contributed by atoms with Crippen molar-refractivity contribution in [2.45, 2.75) is 19.4 Å². The van der Waals surface area contributed by atoms with Crippen molar-refractivity contribution in [3.05, 3.63) is 59.4 Å². The molecule has 0 aromatic heterocycles. The molecule has 2 N–H and O–H groups in total. The molecule has 6 heteroatoms. The van der Waals surface area contributed by atoms with Gasteiger partial charge in [-0.1, -0.05) is 24.3 Å². The van der Waals surface area contributed by atoms with Crippen molar-refractivity contribution in [3.8, 4) is 5.75 Å². The minimum absolute atomic E-state index is 0.153. The maximum Gasteiger partial charge on any atom is 0.322 e. The summed E-state index contributed by atoms with van der Waals surface area (Å²) in [5.41, 5.74) is 2.43. The van der Waals surface area contributed by atoms with Crippen LogP contribution in [0.15, 0.2) is 42.5 Å². The summed E-state index contributed by atoms with van der Waals surface area (Å²) in [6.45, 7) is 2.47. The maximum atomic E-state index is 13.9. The third kappa shape index (κ3) is 3.58. The Morgan fingerprint density at radius 3 is 2.88 bits per heavy atom. The highest BCUT2D eigenvalue weighted by Gasteiger charge is 2.30. The molecule has 2 aromatic carbocycles. The Balaban J connectivity index is 1.76. The number of ether oxygens (including phenoxy) is 1. The van der Waals surface area contributed by atoms with Crippen molar-refractivity contribution < 1.29 is 19.0 Å². The SMILES string of the molecule is CCOc1ccc(NC(=O)N2CCc3ccccc3C2CO)cc1F. The number of hydrogen-bond donors (Lipinski definition) is 2. The molecule has 2 aromatic rings. The normalized spacial score (nSPS) is 16.3. The van der Waals surface area contributed by atoms with Crippen LogP contribution in [0.4, 0.5) is 14.9 Å². The summed E-state index contributed by atoms with van der Waals surface area (Å²) >= 11 is 0. The minimum Gasteiger partial charge on any atom is -0.491 e. The average molecular weight is 344 g/mol. The lowest BCUT2D eigenvalue weighted by molar-refractivity contribution is 0.135. The number of halogens is 1. The largest absolute Gasteiger partial charge is 0.491 e. The molecule has 0 saturated carbocycles. The van der Waals surface area contributed by atoms with E-state index in [4.69, 9.17) is 4.74 Å². The second-order valence-corrected chi connectivity index (χ2v) is 5.85. The predicted octanol–water partition coefficient (Wildman–Crippen LogP) is 3.35. The Bertz CT molecular complexity index is 766. The highest BCUT2D eigenvalue weighted by atomic mass is 19.1. The van der Waals surface area contributed by atoms with Crippen molar-refractivity contribution in [1.82, 2.24) is 4.90 Å². The van der Waals surface area contributed by atoms with Crippen LogP contribution in [0.2, 0.25) is 0 Å². The number of aliphatic hydroxyl groups excluding tert-OH is 1. The van der Waals surface area contributed by atoms with Crippen LogP contribution in [-0.4, -0.2) is 35.8 Å². The molecule has 25 heavy (non-hydrogen) atoms. The lowest BCUT2D eigenvalue weighted by Crippen LogP contribution is -2.43. The van der Waals surface area contributed by atoms with Gasteiger partial charge in [0, 0.05) is 18.3 Å². The molecule has 0 aliphatic carbocycles. The molecule has 0 spiro atoms. The van der Waals surface area contributed by atoms with E-state index in [1.54, 1.807) is 17.9 Å². The van der Waals surface area contributed by atoms with Crippen molar-refractivity contribution in [3.63, 3.8) is 0 Å². The topological polar surface area (TPSA) is 61.8 Å². The Kier molecular flexibility index (Phi) is 5.19. The number of rotatable bonds is 4. The van der Waals surface area contributed by atoms with Gasteiger partial charge in [-0.2, -0.15) is 0 Å². The third-order valence-corrected chi connectivity index (χ3v) is 4.33. The van der Waals surface area contributed by atoms with Crippen molar-refractivity contribution in [1.29, 1.82) is 0 Å². The van der Waals surface area contributed by atoms with Gasteiger partial charge in [-0.25, -0.2) is 9.18 Å². The predicted molar refractivity (Wildman–Crippen MR) is 93.3 cm³/mol. The Morgan fingerprint density at radius 1 is 1.36 bits per heavy atom. The number of fused-ring (bicyclic) bond motifs is 1. The Hall–Kier alpha value is -2.60. The van der Waals surface area contributed by atoms with Crippen LogP contribution in [0.25, 0.3) is 0 Å². The van der Waals surface area contributed by atoms with E-state index >= 15 is 0 Å². The average Bonchev–Trinajstić information content (AvgIpc) is 2.63. The van der Waals surface area contributed by atoms with E-state index in [0.717, 1.165) is 17.5 Å². The van der Waals surface area contributed by atoms with E-state index in [-0.39, 0.29) is 18.4 Å². The molecular formula is C19H21FN2O3. The molecule has 5 nitrogen and oxygen atoms in total.